The second-order valence-electron chi connectivity index (χ2n) is 6.44. The van der Waals surface area contributed by atoms with Crippen LogP contribution in [0, 0.1) is 5.41 Å². The van der Waals surface area contributed by atoms with Crippen molar-refractivity contribution in [2.24, 2.45) is 5.41 Å². The molecule has 0 aromatic heterocycles. The molecule has 0 unspecified atom stereocenters. The van der Waals surface area contributed by atoms with Crippen molar-refractivity contribution < 1.29 is 14.3 Å². The van der Waals surface area contributed by atoms with E-state index < -0.39 is 11.4 Å². The summed E-state index contributed by atoms with van der Waals surface area (Å²) in [6.07, 6.45) is 4.51. The zero-order valence-corrected chi connectivity index (χ0v) is 12.5. The molecule has 0 aliphatic heterocycles. The number of hydrogen-bond acceptors (Lipinski definition) is 3. The lowest BCUT2D eigenvalue weighted by Crippen LogP contribution is -2.26. The van der Waals surface area contributed by atoms with E-state index in [-0.39, 0.29) is 12.4 Å². The van der Waals surface area contributed by atoms with Crippen LogP contribution in [-0.4, -0.2) is 18.4 Å². The van der Waals surface area contributed by atoms with Gasteiger partial charge in [0.15, 0.2) is 12.4 Å². The number of aryl methyl sites for hydroxylation is 2. The predicted octanol–water partition coefficient (Wildman–Crippen LogP) is 3.34. The van der Waals surface area contributed by atoms with Gasteiger partial charge in [0.2, 0.25) is 0 Å². The van der Waals surface area contributed by atoms with Crippen molar-refractivity contribution in [2.75, 3.05) is 6.61 Å². The first-order chi connectivity index (χ1) is 9.38. The third-order valence-electron chi connectivity index (χ3n) is 3.76. The summed E-state index contributed by atoms with van der Waals surface area (Å²) in [6.45, 7) is 5.31. The Kier molecular flexibility index (Phi) is 4.26. The fraction of sp³-hybridized carbons (Fsp3) is 0.529. The van der Waals surface area contributed by atoms with E-state index in [0.717, 1.165) is 12.8 Å². The first-order valence-corrected chi connectivity index (χ1v) is 7.20. The van der Waals surface area contributed by atoms with Gasteiger partial charge in [-0.2, -0.15) is 0 Å². The second kappa shape index (κ2) is 5.78. The Balaban J connectivity index is 2.01. The lowest BCUT2D eigenvalue weighted by atomic mass is 9.90. The number of benzene rings is 1. The molecule has 0 bridgehead atoms. The average Bonchev–Trinajstić information content (AvgIpc) is 2.42. The highest BCUT2D eigenvalue weighted by atomic mass is 16.5. The summed E-state index contributed by atoms with van der Waals surface area (Å²) in [4.78, 5) is 23.7. The number of rotatable bonds is 3. The smallest absolute Gasteiger partial charge is 0.338 e. The SMILES string of the molecule is CC(C)(C)C(=O)COC(=O)c1ccc2c(c1)CCCC2. The summed E-state index contributed by atoms with van der Waals surface area (Å²) >= 11 is 0. The van der Waals surface area contributed by atoms with Crippen molar-refractivity contribution >= 4 is 11.8 Å². The maximum absolute atomic E-state index is 12.0. The maximum Gasteiger partial charge on any atom is 0.338 e. The molecular weight excluding hydrogens is 252 g/mol. The van der Waals surface area contributed by atoms with Crippen LogP contribution in [0.4, 0.5) is 0 Å². The lowest BCUT2D eigenvalue weighted by Gasteiger charge is -2.17. The number of esters is 1. The van der Waals surface area contributed by atoms with Gasteiger partial charge in [-0.25, -0.2) is 4.79 Å². The molecular formula is C17H22O3. The monoisotopic (exact) mass is 274 g/mol. The van der Waals surface area contributed by atoms with E-state index in [2.05, 4.69) is 0 Å². The Morgan fingerprint density at radius 2 is 1.75 bits per heavy atom. The topological polar surface area (TPSA) is 43.4 Å². The lowest BCUT2D eigenvalue weighted by molar-refractivity contribution is -0.129. The molecule has 0 atom stereocenters. The van der Waals surface area contributed by atoms with Gasteiger partial charge >= 0.3 is 5.97 Å². The van der Waals surface area contributed by atoms with Crippen molar-refractivity contribution in [1.29, 1.82) is 0 Å². The van der Waals surface area contributed by atoms with Crippen LogP contribution >= 0.6 is 0 Å². The Hall–Kier alpha value is -1.64. The van der Waals surface area contributed by atoms with Gasteiger partial charge in [-0.15, -0.1) is 0 Å². The molecule has 2 rings (SSSR count). The van der Waals surface area contributed by atoms with Gasteiger partial charge in [0.1, 0.15) is 0 Å². The number of Topliss-reactive ketones (excluding diaryl/α,β-unsaturated/α-hetero) is 1. The molecule has 0 amide bonds. The fourth-order valence-electron chi connectivity index (χ4n) is 2.29. The Morgan fingerprint density at radius 3 is 2.40 bits per heavy atom. The van der Waals surface area contributed by atoms with Gasteiger partial charge in [0.25, 0.3) is 0 Å². The third kappa shape index (κ3) is 3.47. The average molecular weight is 274 g/mol. The van der Waals surface area contributed by atoms with Gasteiger partial charge in [0, 0.05) is 5.41 Å². The molecule has 1 aromatic rings. The largest absolute Gasteiger partial charge is 0.454 e. The molecule has 0 N–H and O–H groups in total. The molecule has 0 saturated heterocycles. The van der Waals surface area contributed by atoms with Crippen LogP contribution < -0.4 is 0 Å². The highest BCUT2D eigenvalue weighted by Crippen LogP contribution is 2.22. The summed E-state index contributed by atoms with van der Waals surface area (Å²) in [6, 6.07) is 5.73. The van der Waals surface area contributed by atoms with E-state index >= 15 is 0 Å². The molecule has 0 radical (unpaired) electrons. The zero-order valence-electron chi connectivity index (χ0n) is 12.5. The van der Waals surface area contributed by atoms with Gasteiger partial charge in [-0.1, -0.05) is 26.8 Å². The molecule has 3 heteroatoms. The molecule has 1 aromatic carbocycles. The quantitative estimate of drug-likeness (QED) is 0.794. The van der Waals surface area contributed by atoms with E-state index in [0.29, 0.717) is 5.56 Å². The second-order valence-corrected chi connectivity index (χ2v) is 6.44. The molecule has 3 nitrogen and oxygen atoms in total. The van der Waals surface area contributed by atoms with Crippen LogP contribution in [-0.2, 0) is 22.4 Å². The Morgan fingerprint density at radius 1 is 1.10 bits per heavy atom. The van der Waals surface area contributed by atoms with Crippen molar-refractivity contribution in [2.45, 2.75) is 46.5 Å². The summed E-state index contributed by atoms with van der Waals surface area (Å²) in [5.74, 6) is -0.472. The van der Waals surface area contributed by atoms with Crippen LogP contribution in [0.1, 0.15) is 55.1 Å². The number of hydrogen-bond donors (Lipinski definition) is 0. The molecule has 108 valence electrons. The van der Waals surface area contributed by atoms with Crippen LogP contribution in [0.15, 0.2) is 18.2 Å². The van der Waals surface area contributed by atoms with Crippen LogP contribution in [0.25, 0.3) is 0 Å². The zero-order chi connectivity index (χ0) is 14.8. The number of carbonyl (C=O) groups excluding carboxylic acids is 2. The maximum atomic E-state index is 12.0. The summed E-state index contributed by atoms with van der Waals surface area (Å²) in [5.41, 5.74) is 2.65. The summed E-state index contributed by atoms with van der Waals surface area (Å²) in [5, 5.41) is 0. The molecule has 20 heavy (non-hydrogen) atoms. The predicted molar refractivity (Wildman–Crippen MR) is 77.8 cm³/mol. The molecule has 0 saturated carbocycles. The molecule has 0 spiro atoms. The Bertz CT molecular complexity index is 524. The minimum Gasteiger partial charge on any atom is -0.454 e. The van der Waals surface area contributed by atoms with E-state index in [1.54, 1.807) is 6.07 Å². The molecule has 0 heterocycles. The minimum absolute atomic E-state index is 0.0659. The summed E-state index contributed by atoms with van der Waals surface area (Å²) < 4.78 is 5.12. The van der Waals surface area contributed by atoms with Gasteiger partial charge < -0.3 is 4.74 Å². The van der Waals surface area contributed by atoms with Crippen molar-refractivity contribution in [3.05, 3.63) is 34.9 Å². The highest BCUT2D eigenvalue weighted by Gasteiger charge is 2.23. The van der Waals surface area contributed by atoms with Gasteiger partial charge in [-0.05, 0) is 48.9 Å². The fourth-order valence-corrected chi connectivity index (χ4v) is 2.29. The van der Waals surface area contributed by atoms with Crippen molar-refractivity contribution in [3.63, 3.8) is 0 Å². The van der Waals surface area contributed by atoms with E-state index in [1.165, 1.54) is 24.0 Å². The standard InChI is InChI=1S/C17H22O3/c1-17(2,3)15(18)11-20-16(19)14-9-8-12-6-4-5-7-13(12)10-14/h8-10H,4-7,11H2,1-3H3. The van der Waals surface area contributed by atoms with Crippen LogP contribution in [0.3, 0.4) is 0 Å². The Labute approximate surface area is 120 Å². The highest BCUT2D eigenvalue weighted by molar-refractivity contribution is 5.93. The van der Waals surface area contributed by atoms with Crippen LogP contribution in [0.5, 0.6) is 0 Å². The van der Waals surface area contributed by atoms with Crippen LogP contribution in [0.2, 0.25) is 0 Å². The number of ether oxygens (including phenoxy) is 1. The third-order valence-corrected chi connectivity index (χ3v) is 3.76. The minimum atomic E-state index is -0.476. The number of ketones is 1. The first-order valence-electron chi connectivity index (χ1n) is 7.20. The number of fused-ring (bicyclic) bond motifs is 1. The molecule has 1 aliphatic carbocycles. The van der Waals surface area contributed by atoms with Crippen molar-refractivity contribution in [3.8, 4) is 0 Å². The molecule has 1 aliphatic rings. The van der Waals surface area contributed by atoms with Gasteiger partial charge in [0.05, 0.1) is 5.56 Å². The normalized spacial score (nSPS) is 14.6. The van der Waals surface area contributed by atoms with E-state index in [9.17, 15) is 9.59 Å². The molecule has 0 fully saturated rings. The van der Waals surface area contributed by atoms with Crippen molar-refractivity contribution in [1.82, 2.24) is 0 Å². The number of carbonyl (C=O) groups is 2. The van der Waals surface area contributed by atoms with E-state index in [1.807, 2.05) is 32.9 Å². The van der Waals surface area contributed by atoms with Gasteiger partial charge in [-0.3, -0.25) is 4.79 Å². The summed E-state index contributed by atoms with van der Waals surface area (Å²) in [7, 11) is 0. The first kappa shape index (κ1) is 14.8. The van der Waals surface area contributed by atoms with E-state index in [4.69, 9.17) is 4.74 Å².